The molecule has 150 valence electrons. The van der Waals surface area contributed by atoms with Gasteiger partial charge in [-0.2, -0.15) is 0 Å². The summed E-state index contributed by atoms with van der Waals surface area (Å²) < 4.78 is 7.89. The number of benzene rings is 2. The molecule has 0 aliphatic carbocycles. The minimum Gasteiger partial charge on any atom is -0.492 e. The maximum atomic E-state index is 5.63. The monoisotopic (exact) mass is 407 g/mol. The van der Waals surface area contributed by atoms with Gasteiger partial charge in [0.25, 0.3) is 0 Å². The van der Waals surface area contributed by atoms with E-state index in [-0.39, 0.29) is 0 Å². The summed E-state index contributed by atoms with van der Waals surface area (Å²) in [6, 6.07) is 15.9. The summed E-state index contributed by atoms with van der Waals surface area (Å²) in [6.07, 6.45) is 4.64. The number of thiocarbonyl (C=S) groups is 1. The number of aromatic nitrogens is 3. The Kier molecular flexibility index (Phi) is 6.05. The zero-order valence-corrected chi connectivity index (χ0v) is 17.3. The number of rotatable bonds is 5. The van der Waals surface area contributed by atoms with Gasteiger partial charge in [-0.1, -0.05) is 18.6 Å². The van der Waals surface area contributed by atoms with Gasteiger partial charge >= 0.3 is 0 Å². The van der Waals surface area contributed by atoms with Gasteiger partial charge in [0.2, 0.25) is 0 Å². The Morgan fingerprint density at radius 3 is 2.69 bits per heavy atom. The summed E-state index contributed by atoms with van der Waals surface area (Å²) in [6.45, 7) is 3.56. The van der Waals surface area contributed by atoms with Gasteiger partial charge in [-0.05, 0) is 68.4 Å². The molecule has 0 saturated carbocycles. The molecule has 0 atom stereocenters. The molecule has 0 bridgehead atoms. The molecule has 2 heterocycles. The highest BCUT2D eigenvalue weighted by Gasteiger charge is 2.16. The van der Waals surface area contributed by atoms with Crippen LogP contribution in [0.25, 0.3) is 11.4 Å². The van der Waals surface area contributed by atoms with E-state index < -0.39 is 0 Å². The van der Waals surface area contributed by atoms with Crippen LogP contribution in [-0.2, 0) is 13.0 Å². The van der Waals surface area contributed by atoms with Crippen molar-refractivity contribution in [2.75, 3.05) is 17.2 Å². The van der Waals surface area contributed by atoms with E-state index >= 15 is 0 Å². The summed E-state index contributed by atoms with van der Waals surface area (Å²) in [5.41, 5.74) is 2.82. The molecular weight excluding hydrogens is 382 g/mol. The molecule has 2 N–H and O–H groups in total. The number of ether oxygens (including phenoxy) is 1. The Bertz CT molecular complexity index is 983. The molecule has 3 aromatic rings. The fraction of sp³-hybridized carbons (Fsp3) is 0.318. The Balaban J connectivity index is 1.44. The van der Waals surface area contributed by atoms with Crippen LogP contribution in [0.4, 0.5) is 11.4 Å². The van der Waals surface area contributed by atoms with E-state index in [2.05, 4.69) is 37.5 Å². The number of hydrogen-bond acceptors (Lipinski definition) is 4. The quantitative estimate of drug-likeness (QED) is 0.588. The second-order valence-electron chi connectivity index (χ2n) is 6.99. The van der Waals surface area contributed by atoms with Crippen molar-refractivity contribution in [2.24, 2.45) is 0 Å². The Hall–Kier alpha value is -2.93. The smallest absolute Gasteiger partial charge is 0.175 e. The van der Waals surface area contributed by atoms with Crippen molar-refractivity contribution in [3.63, 3.8) is 0 Å². The number of hydrogen-bond donors (Lipinski definition) is 2. The summed E-state index contributed by atoms with van der Waals surface area (Å²) in [5, 5.41) is 15.8. The van der Waals surface area contributed by atoms with Crippen LogP contribution in [0.5, 0.6) is 5.75 Å². The highest BCUT2D eigenvalue weighted by Crippen LogP contribution is 2.25. The van der Waals surface area contributed by atoms with Gasteiger partial charge in [-0.25, -0.2) is 0 Å². The van der Waals surface area contributed by atoms with E-state index in [1.165, 1.54) is 19.3 Å². The van der Waals surface area contributed by atoms with E-state index in [9.17, 15) is 0 Å². The van der Waals surface area contributed by atoms with Crippen LogP contribution in [0.1, 0.15) is 32.0 Å². The molecule has 0 fully saturated rings. The van der Waals surface area contributed by atoms with E-state index in [0.29, 0.717) is 11.7 Å². The van der Waals surface area contributed by atoms with Crippen molar-refractivity contribution in [2.45, 2.75) is 39.2 Å². The molecule has 7 heteroatoms. The van der Waals surface area contributed by atoms with Crippen molar-refractivity contribution in [1.29, 1.82) is 0 Å². The van der Waals surface area contributed by atoms with Crippen molar-refractivity contribution >= 4 is 28.7 Å². The van der Waals surface area contributed by atoms with Crippen LogP contribution in [0, 0.1) is 0 Å². The molecular formula is C22H25N5OS. The van der Waals surface area contributed by atoms with Gasteiger partial charge in [0.05, 0.1) is 12.3 Å². The predicted octanol–water partition coefficient (Wildman–Crippen LogP) is 4.88. The lowest BCUT2D eigenvalue weighted by Crippen LogP contribution is -2.19. The van der Waals surface area contributed by atoms with Crippen molar-refractivity contribution in [3.8, 4) is 17.1 Å². The van der Waals surface area contributed by atoms with Crippen LogP contribution >= 0.6 is 12.2 Å². The lowest BCUT2D eigenvalue weighted by molar-refractivity contribution is 0.342. The lowest BCUT2D eigenvalue weighted by atomic mass is 10.2. The first-order valence-electron chi connectivity index (χ1n) is 10.1. The fourth-order valence-electron chi connectivity index (χ4n) is 3.54. The standard InChI is InChI=1S/C22H25N5OS/c1-2-28-19-9-6-5-8-18(19)24-22(29)23-17-13-11-16(12-14-17)21-26-25-20-10-4-3-7-15-27(20)21/h5-6,8-9,11-14H,2-4,7,10,15H2,1H3,(H2,23,24,29). The van der Waals surface area contributed by atoms with Crippen LogP contribution in [-0.4, -0.2) is 26.5 Å². The van der Waals surface area contributed by atoms with Gasteiger partial charge in [0.15, 0.2) is 10.9 Å². The zero-order chi connectivity index (χ0) is 20.1. The van der Waals surface area contributed by atoms with E-state index in [4.69, 9.17) is 17.0 Å². The molecule has 0 radical (unpaired) electrons. The number of para-hydroxylation sites is 2. The first kappa shape index (κ1) is 19.4. The van der Waals surface area contributed by atoms with Crippen molar-refractivity contribution in [3.05, 3.63) is 54.4 Å². The number of anilines is 2. The maximum Gasteiger partial charge on any atom is 0.175 e. The average Bonchev–Trinajstić information content (AvgIpc) is 2.98. The molecule has 1 aromatic heterocycles. The molecule has 0 amide bonds. The second-order valence-corrected chi connectivity index (χ2v) is 7.40. The average molecular weight is 408 g/mol. The molecule has 4 rings (SSSR count). The SMILES string of the molecule is CCOc1ccccc1NC(=S)Nc1ccc(-c2nnc3n2CCCCC3)cc1. The van der Waals surface area contributed by atoms with Crippen LogP contribution in [0.3, 0.4) is 0 Å². The first-order valence-corrected chi connectivity index (χ1v) is 10.5. The molecule has 2 aromatic carbocycles. The van der Waals surface area contributed by atoms with E-state index in [1.54, 1.807) is 0 Å². The number of aryl methyl sites for hydroxylation is 1. The summed E-state index contributed by atoms with van der Waals surface area (Å²) in [4.78, 5) is 0. The third kappa shape index (κ3) is 4.56. The van der Waals surface area contributed by atoms with Crippen LogP contribution in [0.2, 0.25) is 0 Å². The summed E-state index contributed by atoms with van der Waals surface area (Å²) >= 11 is 5.47. The van der Waals surface area contributed by atoms with E-state index in [0.717, 1.165) is 47.3 Å². The van der Waals surface area contributed by atoms with Gasteiger partial charge < -0.3 is 19.9 Å². The first-order chi connectivity index (χ1) is 14.2. The highest BCUT2D eigenvalue weighted by molar-refractivity contribution is 7.80. The topological polar surface area (TPSA) is 64.0 Å². The Morgan fingerprint density at radius 2 is 1.86 bits per heavy atom. The second kappa shape index (κ2) is 9.05. The normalized spacial score (nSPS) is 13.3. The van der Waals surface area contributed by atoms with Gasteiger partial charge in [-0.15, -0.1) is 10.2 Å². The molecule has 1 aliphatic heterocycles. The Labute approximate surface area is 176 Å². The van der Waals surface area contributed by atoms with Crippen LogP contribution < -0.4 is 15.4 Å². The number of nitrogens with one attached hydrogen (secondary N) is 2. The minimum atomic E-state index is 0.515. The molecule has 1 aliphatic rings. The largest absolute Gasteiger partial charge is 0.492 e. The van der Waals surface area contributed by atoms with Crippen molar-refractivity contribution in [1.82, 2.24) is 14.8 Å². The lowest BCUT2D eigenvalue weighted by Gasteiger charge is -2.14. The van der Waals surface area contributed by atoms with Gasteiger partial charge in [0, 0.05) is 24.2 Å². The summed E-state index contributed by atoms with van der Waals surface area (Å²) in [5.74, 6) is 2.82. The zero-order valence-electron chi connectivity index (χ0n) is 16.5. The number of fused-ring (bicyclic) bond motifs is 1. The van der Waals surface area contributed by atoms with Crippen molar-refractivity contribution < 1.29 is 4.74 Å². The molecule has 29 heavy (non-hydrogen) atoms. The predicted molar refractivity (Wildman–Crippen MR) is 120 cm³/mol. The third-order valence-corrected chi connectivity index (χ3v) is 5.15. The minimum absolute atomic E-state index is 0.515. The van der Waals surface area contributed by atoms with E-state index in [1.807, 2.05) is 43.3 Å². The Morgan fingerprint density at radius 1 is 1.03 bits per heavy atom. The van der Waals surface area contributed by atoms with Gasteiger partial charge in [0.1, 0.15) is 11.6 Å². The van der Waals surface area contributed by atoms with Gasteiger partial charge in [-0.3, -0.25) is 0 Å². The number of nitrogens with zero attached hydrogens (tertiary/aromatic N) is 3. The molecule has 0 saturated heterocycles. The third-order valence-electron chi connectivity index (χ3n) is 4.95. The maximum absolute atomic E-state index is 5.63. The van der Waals surface area contributed by atoms with Crippen LogP contribution in [0.15, 0.2) is 48.5 Å². The molecule has 0 spiro atoms. The molecule has 0 unspecified atom stereocenters. The highest BCUT2D eigenvalue weighted by atomic mass is 32.1. The fourth-order valence-corrected chi connectivity index (χ4v) is 3.76. The summed E-state index contributed by atoms with van der Waals surface area (Å²) in [7, 11) is 0. The molecule has 6 nitrogen and oxygen atoms in total.